The van der Waals surface area contributed by atoms with Crippen LogP contribution >= 0.6 is 0 Å². The second kappa shape index (κ2) is 5.17. The normalized spacial score (nSPS) is 26.2. The molecule has 0 bridgehead atoms. The zero-order valence-electron chi connectivity index (χ0n) is 11.3. The highest BCUT2D eigenvalue weighted by atomic mass is 16.5. The van der Waals surface area contributed by atoms with E-state index in [1.165, 1.54) is 12.7 Å². The summed E-state index contributed by atoms with van der Waals surface area (Å²) in [6, 6.07) is 0. The van der Waals surface area contributed by atoms with Crippen molar-refractivity contribution in [3.05, 3.63) is 35.1 Å². The maximum Gasteiger partial charge on any atom is 0.272 e. The molecule has 5 nitrogen and oxygen atoms in total. The van der Waals surface area contributed by atoms with Crippen LogP contribution in [-0.2, 0) is 14.3 Å². The number of nitrogens with one attached hydrogen (secondary N) is 1. The van der Waals surface area contributed by atoms with Crippen LogP contribution in [0.3, 0.4) is 0 Å². The average Bonchev–Trinajstić information content (AvgIpc) is 2.89. The van der Waals surface area contributed by atoms with Crippen molar-refractivity contribution >= 4 is 17.5 Å². The number of fused-ring (bicyclic) bond motifs is 2. The van der Waals surface area contributed by atoms with Crippen LogP contribution in [0.1, 0.15) is 19.3 Å². The van der Waals surface area contributed by atoms with Gasteiger partial charge in [0.1, 0.15) is 6.61 Å². The van der Waals surface area contributed by atoms with E-state index in [0.29, 0.717) is 5.71 Å². The number of carbonyl (C=O) groups is 2. The molecule has 0 aromatic rings. The van der Waals surface area contributed by atoms with Crippen molar-refractivity contribution in [1.29, 1.82) is 0 Å². The van der Waals surface area contributed by atoms with Crippen LogP contribution in [0.15, 0.2) is 40.1 Å². The van der Waals surface area contributed by atoms with Gasteiger partial charge in [-0.25, -0.2) is 4.99 Å². The second-order valence-corrected chi connectivity index (χ2v) is 5.11. The molecule has 0 saturated carbocycles. The molecule has 0 radical (unpaired) electrons. The fraction of sp³-hybridized carbons (Fsp3) is 0.400. The van der Waals surface area contributed by atoms with E-state index in [1.807, 2.05) is 12.2 Å². The summed E-state index contributed by atoms with van der Waals surface area (Å²) in [5.74, 6) is -0.190. The zero-order chi connectivity index (χ0) is 14.1. The van der Waals surface area contributed by atoms with E-state index < -0.39 is 0 Å². The summed E-state index contributed by atoms with van der Waals surface area (Å²) >= 11 is 0. The highest BCUT2D eigenvalue weighted by molar-refractivity contribution is 6.11. The van der Waals surface area contributed by atoms with E-state index in [4.69, 9.17) is 4.74 Å². The first kappa shape index (κ1) is 13.0. The smallest absolute Gasteiger partial charge is 0.272 e. The summed E-state index contributed by atoms with van der Waals surface area (Å²) in [6.45, 7) is -0.0361. The van der Waals surface area contributed by atoms with Crippen LogP contribution in [0.25, 0.3) is 0 Å². The van der Waals surface area contributed by atoms with E-state index >= 15 is 0 Å². The minimum atomic E-state index is -0.328. The Bertz CT molecular complexity index is 596. The van der Waals surface area contributed by atoms with Crippen LogP contribution in [0, 0.1) is 5.92 Å². The first-order valence-corrected chi connectivity index (χ1v) is 6.72. The van der Waals surface area contributed by atoms with Crippen LogP contribution < -0.4 is 5.32 Å². The summed E-state index contributed by atoms with van der Waals surface area (Å²) in [4.78, 5) is 27.4. The zero-order valence-corrected chi connectivity index (χ0v) is 11.3. The molecule has 0 aromatic heterocycles. The van der Waals surface area contributed by atoms with Crippen molar-refractivity contribution in [1.82, 2.24) is 5.32 Å². The Labute approximate surface area is 117 Å². The Kier molecular flexibility index (Phi) is 3.36. The second-order valence-electron chi connectivity index (χ2n) is 5.11. The summed E-state index contributed by atoms with van der Waals surface area (Å²) < 4.78 is 4.75. The van der Waals surface area contributed by atoms with Gasteiger partial charge in [0.15, 0.2) is 0 Å². The molecule has 5 heteroatoms. The molecule has 104 valence electrons. The molecule has 20 heavy (non-hydrogen) atoms. The Balaban J connectivity index is 1.88. The number of amides is 2. The number of rotatable bonds is 2. The molecule has 0 fully saturated rings. The van der Waals surface area contributed by atoms with Gasteiger partial charge in [0.05, 0.1) is 5.71 Å². The predicted octanol–water partition coefficient (Wildman–Crippen LogP) is 1.28. The van der Waals surface area contributed by atoms with Crippen LogP contribution in [0.4, 0.5) is 0 Å². The number of allylic oxidation sites excluding steroid dienone is 3. The summed E-state index contributed by atoms with van der Waals surface area (Å²) in [7, 11) is 1.46. The lowest BCUT2D eigenvalue weighted by atomic mass is 9.85. The van der Waals surface area contributed by atoms with Gasteiger partial charge >= 0.3 is 0 Å². The van der Waals surface area contributed by atoms with Crippen molar-refractivity contribution in [3.63, 3.8) is 0 Å². The molecular formula is C15H16N2O3. The molecular weight excluding hydrogens is 256 g/mol. The summed E-state index contributed by atoms with van der Waals surface area (Å²) in [6.07, 6.45) is 8.51. The third-order valence-electron chi connectivity index (χ3n) is 3.79. The van der Waals surface area contributed by atoms with Gasteiger partial charge in [0.25, 0.3) is 11.8 Å². The van der Waals surface area contributed by atoms with Gasteiger partial charge in [0, 0.05) is 24.3 Å². The standard InChI is InChI=1S/C15H16N2O3/c1-20-8-14(18)16-9-5-6-11-10-3-2-4-12(10)15(19)17-13(11)7-9/h5-7,11H,2-4,8H2,1H3,(H,17,19). The first-order chi connectivity index (χ1) is 9.69. The van der Waals surface area contributed by atoms with Gasteiger partial charge in [-0.3, -0.25) is 9.59 Å². The number of aliphatic imine (C=N–C) groups is 1. The molecule has 3 aliphatic rings. The molecule has 1 N–H and O–H groups in total. The molecule has 3 rings (SSSR count). The number of carbonyl (C=O) groups excluding carboxylic acids is 2. The van der Waals surface area contributed by atoms with Gasteiger partial charge in [-0.05, 0) is 37.0 Å². The molecule has 2 amide bonds. The largest absolute Gasteiger partial charge is 0.375 e. The average molecular weight is 272 g/mol. The molecule has 1 aliphatic heterocycles. The van der Waals surface area contributed by atoms with E-state index in [2.05, 4.69) is 10.3 Å². The van der Waals surface area contributed by atoms with Crippen molar-refractivity contribution < 1.29 is 14.3 Å². The first-order valence-electron chi connectivity index (χ1n) is 6.72. The Morgan fingerprint density at radius 1 is 1.50 bits per heavy atom. The van der Waals surface area contributed by atoms with Crippen molar-refractivity contribution in [2.24, 2.45) is 10.9 Å². The fourth-order valence-electron chi connectivity index (χ4n) is 2.96. The molecule has 0 spiro atoms. The molecule has 0 saturated heterocycles. The minimum Gasteiger partial charge on any atom is -0.375 e. The van der Waals surface area contributed by atoms with Gasteiger partial charge < -0.3 is 10.1 Å². The van der Waals surface area contributed by atoms with Gasteiger partial charge in [-0.15, -0.1) is 0 Å². The number of ether oxygens (including phenoxy) is 1. The van der Waals surface area contributed by atoms with E-state index in [0.717, 1.165) is 30.5 Å². The lowest BCUT2D eigenvalue weighted by Gasteiger charge is -2.28. The fourth-order valence-corrected chi connectivity index (χ4v) is 2.96. The molecule has 1 unspecified atom stereocenters. The van der Waals surface area contributed by atoms with E-state index in [1.54, 1.807) is 6.08 Å². The lowest BCUT2D eigenvalue weighted by Crippen LogP contribution is -2.35. The molecule has 1 heterocycles. The minimum absolute atomic E-state index is 0.00197. The quantitative estimate of drug-likeness (QED) is 0.823. The number of nitrogens with zero attached hydrogens (tertiary/aromatic N) is 1. The molecule has 1 atom stereocenters. The molecule has 0 aromatic carbocycles. The van der Waals surface area contributed by atoms with Crippen molar-refractivity contribution in [3.8, 4) is 0 Å². The highest BCUT2D eigenvalue weighted by Gasteiger charge is 2.34. The lowest BCUT2D eigenvalue weighted by molar-refractivity contribution is -0.121. The third kappa shape index (κ3) is 2.25. The predicted molar refractivity (Wildman–Crippen MR) is 74.1 cm³/mol. The Morgan fingerprint density at radius 3 is 3.15 bits per heavy atom. The monoisotopic (exact) mass is 272 g/mol. The topological polar surface area (TPSA) is 67.8 Å². The molecule has 2 aliphatic carbocycles. The number of methoxy groups -OCH3 is 1. The van der Waals surface area contributed by atoms with Gasteiger partial charge in [-0.1, -0.05) is 6.08 Å². The number of hydrogen-bond donors (Lipinski definition) is 1. The summed E-state index contributed by atoms with van der Waals surface area (Å²) in [5, 5.41) is 2.91. The van der Waals surface area contributed by atoms with Crippen LogP contribution in [0.5, 0.6) is 0 Å². The number of hydrogen-bond acceptors (Lipinski definition) is 3. The van der Waals surface area contributed by atoms with E-state index in [-0.39, 0.29) is 24.3 Å². The maximum absolute atomic E-state index is 12.0. The van der Waals surface area contributed by atoms with Crippen molar-refractivity contribution in [2.45, 2.75) is 19.3 Å². The maximum atomic E-state index is 12.0. The Hall–Kier alpha value is -2.01. The SMILES string of the molecule is COCC(=O)N=C1C=CC2C(=C1)NC(=O)C1=C2CCC1. The highest BCUT2D eigenvalue weighted by Crippen LogP contribution is 2.39. The third-order valence-corrected chi connectivity index (χ3v) is 3.79. The van der Waals surface area contributed by atoms with E-state index in [9.17, 15) is 9.59 Å². The van der Waals surface area contributed by atoms with Crippen molar-refractivity contribution in [2.75, 3.05) is 13.7 Å². The van der Waals surface area contributed by atoms with Gasteiger partial charge in [0.2, 0.25) is 0 Å². The van der Waals surface area contributed by atoms with Crippen LogP contribution in [-0.4, -0.2) is 31.2 Å². The summed E-state index contributed by atoms with van der Waals surface area (Å²) in [5.41, 5.74) is 3.54. The van der Waals surface area contributed by atoms with Crippen LogP contribution in [0.2, 0.25) is 0 Å². The van der Waals surface area contributed by atoms with Gasteiger partial charge in [-0.2, -0.15) is 0 Å². The Morgan fingerprint density at radius 2 is 2.35 bits per heavy atom.